The first kappa shape index (κ1) is 14.4. The zero-order valence-corrected chi connectivity index (χ0v) is 12.9. The molecule has 0 aliphatic heterocycles. The van der Waals surface area contributed by atoms with Gasteiger partial charge in [0.1, 0.15) is 11.6 Å². The fourth-order valence-corrected chi connectivity index (χ4v) is 3.04. The predicted molar refractivity (Wildman–Crippen MR) is 79.9 cm³/mol. The van der Waals surface area contributed by atoms with Crippen LogP contribution in [0.3, 0.4) is 0 Å². The van der Waals surface area contributed by atoms with E-state index in [4.69, 9.17) is 16.3 Å². The van der Waals surface area contributed by atoms with Crippen LogP contribution in [0.1, 0.15) is 21.5 Å². The second-order valence-corrected chi connectivity index (χ2v) is 5.58. The minimum Gasteiger partial charge on any atom is -0.496 e. The zero-order chi connectivity index (χ0) is 14.0. The Balaban J connectivity index is 2.38. The lowest BCUT2D eigenvalue weighted by Crippen LogP contribution is -1.96. The van der Waals surface area contributed by atoms with Gasteiger partial charge in [-0.3, -0.25) is 0 Å². The third kappa shape index (κ3) is 3.10. The lowest BCUT2D eigenvalue weighted by Gasteiger charge is -2.14. The Labute approximate surface area is 125 Å². The van der Waals surface area contributed by atoms with Crippen LogP contribution < -0.4 is 4.74 Å². The Morgan fingerprint density at radius 3 is 2.53 bits per heavy atom. The van der Waals surface area contributed by atoms with Crippen LogP contribution in [0.15, 0.2) is 36.4 Å². The van der Waals surface area contributed by atoms with Crippen molar-refractivity contribution in [2.75, 3.05) is 7.11 Å². The first-order valence-electron chi connectivity index (χ1n) is 5.76. The van der Waals surface area contributed by atoms with Crippen molar-refractivity contribution >= 4 is 27.5 Å². The van der Waals surface area contributed by atoms with Gasteiger partial charge in [-0.15, -0.1) is 0 Å². The van der Waals surface area contributed by atoms with Gasteiger partial charge in [-0.2, -0.15) is 0 Å². The van der Waals surface area contributed by atoms with Gasteiger partial charge in [0.2, 0.25) is 0 Å². The summed E-state index contributed by atoms with van der Waals surface area (Å²) in [6, 6.07) is 10.3. The molecule has 0 N–H and O–H groups in total. The summed E-state index contributed by atoms with van der Waals surface area (Å²) in [5, 5.41) is 0.412. The van der Waals surface area contributed by atoms with Gasteiger partial charge in [-0.25, -0.2) is 4.39 Å². The first-order chi connectivity index (χ1) is 9.02. The highest BCUT2D eigenvalue weighted by atomic mass is 79.9. The second kappa shape index (κ2) is 5.93. The van der Waals surface area contributed by atoms with Crippen molar-refractivity contribution in [3.63, 3.8) is 0 Å². The van der Waals surface area contributed by atoms with Crippen LogP contribution in [0.4, 0.5) is 4.39 Å². The average molecular weight is 344 g/mol. The Bertz CT molecular complexity index is 601. The first-order valence-corrected chi connectivity index (χ1v) is 7.06. The maximum atomic E-state index is 13.1. The van der Waals surface area contributed by atoms with E-state index < -0.39 is 0 Å². The number of alkyl halides is 1. The molecule has 0 saturated heterocycles. The maximum absolute atomic E-state index is 13.1. The van der Waals surface area contributed by atoms with E-state index in [1.165, 1.54) is 12.1 Å². The van der Waals surface area contributed by atoms with E-state index in [9.17, 15) is 4.39 Å². The molecule has 0 radical (unpaired) electrons. The van der Waals surface area contributed by atoms with Crippen molar-refractivity contribution < 1.29 is 9.13 Å². The van der Waals surface area contributed by atoms with Crippen molar-refractivity contribution in [3.05, 3.63) is 63.9 Å². The Hall–Kier alpha value is -1.06. The van der Waals surface area contributed by atoms with E-state index in [0.29, 0.717) is 5.02 Å². The van der Waals surface area contributed by atoms with Gasteiger partial charge in [-0.1, -0.05) is 45.7 Å². The van der Waals surface area contributed by atoms with Crippen LogP contribution in [0.25, 0.3) is 0 Å². The van der Waals surface area contributed by atoms with Crippen molar-refractivity contribution in [3.8, 4) is 5.75 Å². The molecule has 4 heteroatoms. The summed E-state index contributed by atoms with van der Waals surface area (Å²) < 4.78 is 18.3. The molecule has 0 amide bonds. The molecule has 0 saturated carbocycles. The summed E-state index contributed by atoms with van der Waals surface area (Å²) in [6.45, 7) is 1.98. The summed E-state index contributed by atoms with van der Waals surface area (Å²) in [5.41, 5.74) is 2.93. The molecule has 0 aliphatic rings. The van der Waals surface area contributed by atoms with E-state index in [1.807, 2.05) is 25.1 Å². The van der Waals surface area contributed by atoms with Crippen LogP contribution in [0.2, 0.25) is 5.02 Å². The van der Waals surface area contributed by atoms with Gasteiger partial charge in [0, 0.05) is 5.02 Å². The molecule has 1 unspecified atom stereocenters. The summed E-state index contributed by atoms with van der Waals surface area (Å²) in [7, 11) is 1.64. The van der Waals surface area contributed by atoms with Gasteiger partial charge in [-0.05, 0) is 41.8 Å². The van der Waals surface area contributed by atoms with E-state index in [-0.39, 0.29) is 10.6 Å². The van der Waals surface area contributed by atoms with Crippen LogP contribution in [0, 0.1) is 12.7 Å². The number of rotatable bonds is 3. The van der Waals surface area contributed by atoms with Crippen LogP contribution >= 0.6 is 27.5 Å². The normalized spacial score (nSPS) is 12.3. The number of benzene rings is 2. The topological polar surface area (TPSA) is 9.23 Å². The molecule has 1 nitrogen and oxygen atoms in total. The number of hydrogen-bond acceptors (Lipinski definition) is 1. The SMILES string of the molecule is COc1ccc(C(Br)c2ccc(F)cc2Cl)cc1C. The monoisotopic (exact) mass is 342 g/mol. The highest BCUT2D eigenvalue weighted by molar-refractivity contribution is 9.09. The smallest absolute Gasteiger partial charge is 0.124 e. The van der Waals surface area contributed by atoms with E-state index in [0.717, 1.165) is 22.4 Å². The molecule has 0 aliphatic carbocycles. The van der Waals surface area contributed by atoms with E-state index in [1.54, 1.807) is 13.2 Å². The maximum Gasteiger partial charge on any atom is 0.124 e. The fourth-order valence-electron chi connectivity index (χ4n) is 1.95. The van der Waals surface area contributed by atoms with E-state index in [2.05, 4.69) is 15.9 Å². The number of halogens is 3. The number of methoxy groups -OCH3 is 1. The minimum atomic E-state index is -0.334. The van der Waals surface area contributed by atoms with Crippen molar-refractivity contribution in [2.24, 2.45) is 0 Å². The highest BCUT2D eigenvalue weighted by Crippen LogP contribution is 2.36. The molecule has 2 rings (SSSR count). The van der Waals surface area contributed by atoms with Crippen molar-refractivity contribution in [2.45, 2.75) is 11.8 Å². The lowest BCUT2D eigenvalue weighted by atomic mass is 10.0. The molecular weight excluding hydrogens is 331 g/mol. The third-order valence-electron chi connectivity index (χ3n) is 2.95. The molecule has 0 spiro atoms. The van der Waals surface area contributed by atoms with Crippen LogP contribution in [-0.2, 0) is 0 Å². The van der Waals surface area contributed by atoms with Crippen molar-refractivity contribution in [1.82, 2.24) is 0 Å². The summed E-state index contributed by atoms with van der Waals surface area (Å²) in [4.78, 5) is -0.0785. The largest absolute Gasteiger partial charge is 0.496 e. The van der Waals surface area contributed by atoms with Gasteiger partial charge in [0.25, 0.3) is 0 Å². The fraction of sp³-hybridized carbons (Fsp3) is 0.200. The Kier molecular flexibility index (Phi) is 4.48. The molecule has 19 heavy (non-hydrogen) atoms. The van der Waals surface area contributed by atoms with Gasteiger partial charge < -0.3 is 4.74 Å². The molecule has 2 aromatic carbocycles. The number of aryl methyl sites for hydroxylation is 1. The molecular formula is C15H13BrClFO. The number of hydrogen-bond donors (Lipinski definition) is 0. The third-order valence-corrected chi connectivity index (χ3v) is 4.30. The Morgan fingerprint density at radius 1 is 1.21 bits per heavy atom. The summed E-state index contributed by atoms with van der Waals surface area (Å²) in [6.07, 6.45) is 0. The van der Waals surface area contributed by atoms with Gasteiger partial charge in [0.15, 0.2) is 0 Å². The minimum absolute atomic E-state index is 0.0785. The molecule has 100 valence electrons. The van der Waals surface area contributed by atoms with Crippen LogP contribution in [0.5, 0.6) is 5.75 Å². The average Bonchev–Trinajstić information content (AvgIpc) is 2.38. The van der Waals surface area contributed by atoms with Crippen LogP contribution in [-0.4, -0.2) is 7.11 Å². The van der Waals surface area contributed by atoms with E-state index >= 15 is 0 Å². The molecule has 0 fully saturated rings. The highest BCUT2D eigenvalue weighted by Gasteiger charge is 2.15. The predicted octanol–water partition coefficient (Wildman–Crippen LogP) is 5.28. The standard InChI is InChI=1S/C15H13BrClFO/c1-9-7-10(3-6-14(9)19-2)15(16)12-5-4-11(18)8-13(12)17/h3-8,15H,1-2H3. The summed E-state index contributed by atoms with van der Waals surface area (Å²) >= 11 is 9.68. The quantitative estimate of drug-likeness (QED) is 0.689. The van der Waals surface area contributed by atoms with Crippen molar-refractivity contribution in [1.29, 1.82) is 0 Å². The second-order valence-electron chi connectivity index (χ2n) is 4.26. The molecule has 1 atom stereocenters. The molecule has 0 aromatic heterocycles. The summed E-state index contributed by atoms with van der Waals surface area (Å²) in [5.74, 6) is 0.507. The lowest BCUT2D eigenvalue weighted by molar-refractivity contribution is 0.411. The zero-order valence-electron chi connectivity index (χ0n) is 10.6. The number of ether oxygens (including phenoxy) is 1. The molecule has 0 heterocycles. The Morgan fingerprint density at radius 2 is 1.95 bits per heavy atom. The van der Waals surface area contributed by atoms with Gasteiger partial charge >= 0.3 is 0 Å². The molecule has 0 bridgehead atoms. The molecule has 2 aromatic rings. The van der Waals surface area contributed by atoms with Gasteiger partial charge in [0.05, 0.1) is 11.9 Å².